The van der Waals surface area contributed by atoms with E-state index in [-0.39, 0.29) is 5.54 Å². The normalized spacial score (nSPS) is 17.5. The van der Waals surface area contributed by atoms with Crippen LogP contribution < -0.4 is 10.1 Å². The highest BCUT2D eigenvalue weighted by molar-refractivity contribution is 7.80. The van der Waals surface area contributed by atoms with Gasteiger partial charge in [-0.05, 0) is 31.5 Å². The standard InChI is InChI=1S/C11H13NOS/c1-11(2)9-5-4-7(13-3)6-8(9)10(14)12-11/h4-6H,1-3H3,(H,12,14). The quantitative estimate of drug-likeness (QED) is 0.713. The van der Waals surface area contributed by atoms with Gasteiger partial charge in [-0.15, -0.1) is 0 Å². The topological polar surface area (TPSA) is 21.3 Å². The van der Waals surface area contributed by atoms with Gasteiger partial charge < -0.3 is 10.1 Å². The summed E-state index contributed by atoms with van der Waals surface area (Å²) in [5.74, 6) is 0.852. The third kappa shape index (κ3) is 1.28. The number of thiocarbonyl (C=S) groups is 1. The maximum atomic E-state index is 5.26. The molecule has 0 fully saturated rings. The summed E-state index contributed by atoms with van der Waals surface area (Å²) in [6.07, 6.45) is 0. The second-order valence-corrected chi connectivity index (χ2v) is 4.40. The number of fused-ring (bicyclic) bond motifs is 1. The maximum absolute atomic E-state index is 5.26. The molecule has 74 valence electrons. The van der Waals surface area contributed by atoms with Crippen molar-refractivity contribution in [3.05, 3.63) is 29.3 Å². The fourth-order valence-electron chi connectivity index (χ4n) is 1.80. The molecule has 0 atom stereocenters. The Morgan fingerprint density at radius 2 is 2.07 bits per heavy atom. The molecule has 0 amide bonds. The van der Waals surface area contributed by atoms with Crippen molar-refractivity contribution in [2.75, 3.05) is 7.11 Å². The highest BCUT2D eigenvalue weighted by Crippen LogP contribution is 2.32. The Labute approximate surface area is 89.3 Å². The zero-order valence-electron chi connectivity index (χ0n) is 8.55. The summed E-state index contributed by atoms with van der Waals surface area (Å²) in [4.78, 5) is 0.809. The van der Waals surface area contributed by atoms with E-state index in [1.54, 1.807) is 7.11 Å². The smallest absolute Gasteiger partial charge is 0.119 e. The molecule has 1 N–H and O–H groups in total. The first-order valence-electron chi connectivity index (χ1n) is 4.55. The first-order chi connectivity index (χ1) is 6.54. The third-order valence-electron chi connectivity index (χ3n) is 2.57. The van der Waals surface area contributed by atoms with Gasteiger partial charge >= 0.3 is 0 Å². The van der Waals surface area contributed by atoms with Crippen LogP contribution in [0.3, 0.4) is 0 Å². The number of hydrogen-bond donors (Lipinski definition) is 1. The van der Waals surface area contributed by atoms with Gasteiger partial charge in [0.15, 0.2) is 0 Å². The van der Waals surface area contributed by atoms with Crippen molar-refractivity contribution in [1.82, 2.24) is 5.32 Å². The zero-order chi connectivity index (χ0) is 10.3. The number of nitrogens with one attached hydrogen (secondary N) is 1. The van der Waals surface area contributed by atoms with Gasteiger partial charge in [0, 0.05) is 5.56 Å². The molecule has 1 aliphatic rings. The second-order valence-electron chi connectivity index (χ2n) is 3.99. The number of ether oxygens (including phenoxy) is 1. The van der Waals surface area contributed by atoms with E-state index >= 15 is 0 Å². The Morgan fingerprint density at radius 1 is 1.36 bits per heavy atom. The summed E-state index contributed by atoms with van der Waals surface area (Å²) < 4.78 is 5.17. The monoisotopic (exact) mass is 207 g/mol. The molecule has 0 saturated heterocycles. The van der Waals surface area contributed by atoms with E-state index in [1.807, 2.05) is 12.1 Å². The first kappa shape index (κ1) is 9.46. The van der Waals surface area contributed by atoms with Gasteiger partial charge in [-0.1, -0.05) is 18.3 Å². The maximum Gasteiger partial charge on any atom is 0.119 e. The lowest BCUT2D eigenvalue weighted by Gasteiger charge is -2.19. The molecule has 0 bridgehead atoms. The van der Waals surface area contributed by atoms with Crippen LogP contribution in [-0.2, 0) is 5.54 Å². The lowest BCUT2D eigenvalue weighted by Crippen LogP contribution is -2.32. The second kappa shape index (κ2) is 2.95. The predicted molar refractivity (Wildman–Crippen MR) is 60.9 cm³/mol. The molecule has 14 heavy (non-hydrogen) atoms. The van der Waals surface area contributed by atoms with Crippen molar-refractivity contribution in [3.63, 3.8) is 0 Å². The number of methoxy groups -OCH3 is 1. The highest BCUT2D eigenvalue weighted by Gasteiger charge is 2.32. The van der Waals surface area contributed by atoms with E-state index in [2.05, 4.69) is 25.2 Å². The molecule has 1 aromatic rings. The van der Waals surface area contributed by atoms with Crippen molar-refractivity contribution in [2.45, 2.75) is 19.4 Å². The average Bonchev–Trinajstić information content (AvgIpc) is 2.37. The van der Waals surface area contributed by atoms with Crippen molar-refractivity contribution in [3.8, 4) is 5.75 Å². The fourth-order valence-corrected chi connectivity index (χ4v) is 2.23. The zero-order valence-corrected chi connectivity index (χ0v) is 9.37. The van der Waals surface area contributed by atoms with E-state index in [1.165, 1.54) is 5.56 Å². The molecule has 1 aromatic carbocycles. The largest absolute Gasteiger partial charge is 0.497 e. The first-order valence-corrected chi connectivity index (χ1v) is 4.96. The van der Waals surface area contributed by atoms with Crippen LogP contribution in [0.15, 0.2) is 18.2 Å². The van der Waals surface area contributed by atoms with Crippen LogP contribution in [0.25, 0.3) is 0 Å². The van der Waals surface area contributed by atoms with Crippen molar-refractivity contribution < 1.29 is 4.74 Å². The minimum Gasteiger partial charge on any atom is -0.497 e. The van der Waals surface area contributed by atoms with Crippen LogP contribution in [0.2, 0.25) is 0 Å². The number of hydrogen-bond acceptors (Lipinski definition) is 2. The molecule has 0 unspecified atom stereocenters. The molecular weight excluding hydrogens is 194 g/mol. The van der Waals surface area contributed by atoms with Gasteiger partial charge in [-0.25, -0.2) is 0 Å². The van der Waals surface area contributed by atoms with E-state index < -0.39 is 0 Å². The molecule has 2 rings (SSSR count). The molecule has 0 radical (unpaired) electrons. The molecule has 0 aromatic heterocycles. The minimum absolute atomic E-state index is 0.0569. The number of rotatable bonds is 1. The van der Waals surface area contributed by atoms with Crippen LogP contribution >= 0.6 is 12.2 Å². The Bertz CT molecular complexity index is 398. The summed E-state index contributed by atoms with van der Waals surface area (Å²) >= 11 is 5.26. The van der Waals surface area contributed by atoms with Crippen LogP contribution in [0.1, 0.15) is 25.0 Å². The van der Waals surface area contributed by atoms with Gasteiger partial charge in [0.25, 0.3) is 0 Å². The predicted octanol–water partition coefficient (Wildman–Crippen LogP) is 2.21. The van der Waals surface area contributed by atoms with E-state index in [9.17, 15) is 0 Å². The van der Waals surface area contributed by atoms with E-state index in [0.29, 0.717) is 0 Å². The van der Waals surface area contributed by atoms with Gasteiger partial charge in [-0.3, -0.25) is 0 Å². The lowest BCUT2D eigenvalue weighted by molar-refractivity contribution is 0.414. The van der Waals surface area contributed by atoms with Gasteiger partial charge in [0.05, 0.1) is 12.6 Å². The van der Waals surface area contributed by atoms with E-state index in [4.69, 9.17) is 17.0 Å². The highest BCUT2D eigenvalue weighted by atomic mass is 32.1. The van der Waals surface area contributed by atoms with Crippen molar-refractivity contribution in [2.24, 2.45) is 0 Å². The van der Waals surface area contributed by atoms with Crippen LogP contribution in [0, 0.1) is 0 Å². The Hall–Kier alpha value is -1.09. The van der Waals surface area contributed by atoms with Crippen LogP contribution in [-0.4, -0.2) is 12.1 Å². The number of benzene rings is 1. The summed E-state index contributed by atoms with van der Waals surface area (Å²) in [6.45, 7) is 4.25. The SMILES string of the molecule is COc1ccc2c(c1)C(=S)NC2(C)C. The summed E-state index contributed by atoms with van der Waals surface area (Å²) in [5, 5.41) is 3.29. The fraction of sp³-hybridized carbons (Fsp3) is 0.364. The lowest BCUT2D eigenvalue weighted by atomic mass is 9.95. The molecule has 2 nitrogen and oxygen atoms in total. The summed E-state index contributed by atoms with van der Waals surface area (Å²) in [5.41, 5.74) is 2.27. The molecule has 0 saturated carbocycles. The Morgan fingerprint density at radius 3 is 2.71 bits per heavy atom. The Kier molecular flexibility index (Phi) is 2.00. The van der Waals surface area contributed by atoms with E-state index in [0.717, 1.165) is 16.3 Å². The molecule has 1 heterocycles. The molecule has 0 spiro atoms. The average molecular weight is 207 g/mol. The third-order valence-corrected chi connectivity index (χ3v) is 2.89. The summed E-state index contributed by atoms with van der Waals surface area (Å²) in [6, 6.07) is 6.02. The van der Waals surface area contributed by atoms with Crippen LogP contribution in [0.5, 0.6) is 5.75 Å². The molecule has 3 heteroatoms. The van der Waals surface area contributed by atoms with Gasteiger partial charge in [-0.2, -0.15) is 0 Å². The van der Waals surface area contributed by atoms with Crippen molar-refractivity contribution in [1.29, 1.82) is 0 Å². The van der Waals surface area contributed by atoms with Gasteiger partial charge in [0.2, 0.25) is 0 Å². The van der Waals surface area contributed by atoms with Crippen molar-refractivity contribution >= 4 is 17.2 Å². The summed E-state index contributed by atoms with van der Waals surface area (Å²) in [7, 11) is 1.66. The van der Waals surface area contributed by atoms with Crippen LogP contribution in [0.4, 0.5) is 0 Å². The minimum atomic E-state index is -0.0569. The molecular formula is C11H13NOS. The molecule has 1 aliphatic heterocycles. The van der Waals surface area contributed by atoms with Gasteiger partial charge in [0.1, 0.15) is 10.7 Å². The Balaban J connectivity index is 2.58. The molecule has 0 aliphatic carbocycles.